The Hall–Kier alpha value is -3.95. The third-order valence-electron chi connectivity index (χ3n) is 5.89. The minimum atomic E-state index is -0.337. The van der Waals surface area contributed by atoms with Crippen molar-refractivity contribution in [3.63, 3.8) is 0 Å². The van der Waals surface area contributed by atoms with E-state index >= 15 is 0 Å². The van der Waals surface area contributed by atoms with E-state index in [9.17, 15) is 14.0 Å². The highest BCUT2D eigenvalue weighted by molar-refractivity contribution is 6.05. The number of hydrogen-bond donors (Lipinski definition) is 4. The number of para-hydroxylation sites is 2. The molecule has 0 atom stereocenters. The SMILES string of the molecule is CCCN1CCOCC1.Nc1ccccc1NC(=O)c1ccc(CNC(=O)NCc2ccc(F)cc2)cc1. The van der Waals surface area contributed by atoms with E-state index < -0.39 is 0 Å². The zero-order valence-corrected chi connectivity index (χ0v) is 21.7. The van der Waals surface area contributed by atoms with Gasteiger partial charge in [0, 0.05) is 31.7 Å². The Bertz CT molecular complexity index is 1150. The molecule has 5 N–H and O–H groups in total. The summed E-state index contributed by atoms with van der Waals surface area (Å²) in [6.45, 7) is 8.19. The van der Waals surface area contributed by atoms with E-state index in [1.54, 1.807) is 60.7 Å². The molecule has 0 spiro atoms. The summed E-state index contributed by atoms with van der Waals surface area (Å²) in [5.74, 6) is -0.581. The molecule has 1 aliphatic heterocycles. The quantitative estimate of drug-likeness (QED) is 0.329. The maximum Gasteiger partial charge on any atom is 0.315 e. The van der Waals surface area contributed by atoms with Crippen molar-refractivity contribution in [1.82, 2.24) is 15.5 Å². The van der Waals surface area contributed by atoms with Gasteiger partial charge in [-0.3, -0.25) is 9.69 Å². The van der Waals surface area contributed by atoms with Gasteiger partial charge in [0.2, 0.25) is 0 Å². The van der Waals surface area contributed by atoms with Crippen LogP contribution in [0.1, 0.15) is 34.8 Å². The molecule has 8 nitrogen and oxygen atoms in total. The van der Waals surface area contributed by atoms with E-state index in [4.69, 9.17) is 10.5 Å². The van der Waals surface area contributed by atoms with Crippen LogP contribution >= 0.6 is 0 Å². The molecular weight excluding hydrogens is 485 g/mol. The fourth-order valence-electron chi connectivity index (χ4n) is 3.75. The van der Waals surface area contributed by atoms with Crippen molar-refractivity contribution < 1.29 is 18.7 Å². The number of anilines is 2. The summed E-state index contributed by atoms with van der Waals surface area (Å²) in [5.41, 5.74) is 9.01. The van der Waals surface area contributed by atoms with E-state index in [2.05, 4.69) is 27.8 Å². The number of amides is 3. The lowest BCUT2D eigenvalue weighted by Gasteiger charge is -2.25. The average Bonchev–Trinajstić information content (AvgIpc) is 2.94. The van der Waals surface area contributed by atoms with Crippen LogP contribution in [0.2, 0.25) is 0 Å². The first kappa shape index (κ1) is 28.6. The van der Waals surface area contributed by atoms with Gasteiger partial charge in [0.05, 0.1) is 24.6 Å². The van der Waals surface area contributed by atoms with Crippen molar-refractivity contribution in [2.45, 2.75) is 26.4 Å². The molecule has 38 heavy (non-hydrogen) atoms. The molecule has 1 saturated heterocycles. The maximum absolute atomic E-state index is 12.9. The highest BCUT2D eigenvalue weighted by Crippen LogP contribution is 2.18. The molecule has 3 aromatic rings. The van der Waals surface area contributed by atoms with Gasteiger partial charge < -0.3 is 26.4 Å². The highest BCUT2D eigenvalue weighted by Gasteiger charge is 2.09. The van der Waals surface area contributed by atoms with Crippen molar-refractivity contribution >= 4 is 23.3 Å². The van der Waals surface area contributed by atoms with Crippen molar-refractivity contribution in [2.75, 3.05) is 43.9 Å². The first-order valence-corrected chi connectivity index (χ1v) is 12.8. The first-order valence-electron chi connectivity index (χ1n) is 12.8. The molecule has 0 bridgehead atoms. The molecule has 3 amide bonds. The smallest absolute Gasteiger partial charge is 0.315 e. The number of urea groups is 1. The molecule has 1 aliphatic rings. The first-order chi connectivity index (χ1) is 18.4. The molecule has 0 aromatic heterocycles. The Morgan fingerprint density at radius 3 is 2.05 bits per heavy atom. The van der Waals surface area contributed by atoms with Crippen LogP contribution in [0.25, 0.3) is 0 Å². The molecule has 9 heteroatoms. The van der Waals surface area contributed by atoms with Crippen LogP contribution in [0.5, 0.6) is 0 Å². The Morgan fingerprint density at radius 1 is 0.895 bits per heavy atom. The molecule has 0 unspecified atom stereocenters. The summed E-state index contributed by atoms with van der Waals surface area (Å²) in [4.78, 5) is 26.7. The Balaban J connectivity index is 0.000000375. The molecule has 1 fully saturated rings. The number of ether oxygens (including phenoxy) is 1. The minimum absolute atomic E-state index is 0.264. The molecular formula is C29H36FN5O3. The third-order valence-corrected chi connectivity index (χ3v) is 5.89. The summed E-state index contributed by atoms with van der Waals surface area (Å²) >= 11 is 0. The number of hydrogen-bond acceptors (Lipinski definition) is 5. The van der Waals surface area contributed by atoms with Gasteiger partial charge in [0.15, 0.2) is 0 Å². The van der Waals surface area contributed by atoms with E-state index in [0.29, 0.717) is 30.0 Å². The number of nitrogen functional groups attached to an aromatic ring is 1. The molecule has 1 heterocycles. The predicted molar refractivity (Wildman–Crippen MR) is 148 cm³/mol. The predicted octanol–water partition coefficient (Wildman–Crippen LogP) is 4.39. The van der Waals surface area contributed by atoms with Gasteiger partial charge in [0.25, 0.3) is 5.91 Å². The van der Waals surface area contributed by atoms with Gasteiger partial charge in [-0.25, -0.2) is 9.18 Å². The summed E-state index contributed by atoms with van der Waals surface area (Å²) in [6, 6.07) is 19.5. The number of carbonyl (C=O) groups excluding carboxylic acids is 2. The van der Waals surface area contributed by atoms with Crippen molar-refractivity contribution in [3.8, 4) is 0 Å². The largest absolute Gasteiger partial charge is 0.397 e. The van der Waals surface area contributed by atoms with Crippen molar-refractivity contribution in [3.05, 3.63) is 95.3 Å². The number of nitrogens with two attached hydrogens (primary N) is 1. The second-order valence-corrected chi connectivity index (χ2v) is 8.86. The van der Waals surface area contributed by atoms with Crippen LogP contribution in [0.4, 0.5) is 20.6 Å². The lowest BCUT2D eigenvalue weighted by atomic mass is 10.1. The fraction of sp³-hybridized carbons (Fsp3) is 0.310. The van der Waals surface area contributed by atoms with Crippen LogP contribution in [0, 0.1) is 5.82 Å². The van der Waals surface area contributed by atoms with Gasteiger partial charge in [-0.15, -0.1) is 0 Å². The Morgan fingerprint density at radius 2 is 1.47 bits per heavy atom. The maximum atomic E-state index is 12.9. The minimum Gasteiger partial charge on any atom is -0.397 e. The number of halogens is 1. The number of rotatable bonds is 8. The fourth-order valence-corrected chi connectivity index (χ4v) is 3.75. The van der Waals surface area contributed by atoms with Crippen molar-refractivity contribution in [2.24, 2.45) is 0 Å². The van der Waals surface area contributed by atoms with E-state index in [1.165, 1.54) is 25.1 Å². The number of benzene rings is 3. The number of carbonyl (C=O) groups is 2. The lowest BCUT2D eigenvalue weighted by molar-refractivity contribution is 0.0380. The van der Waals surface area contributed by atoms with Gasteiger partial charge >= 0.3 is 6.03 Å². The van der Waals surface area contributed by atoms with Gasteiger partial charge in [-0.05, 0) is 60.5 Å². The van der Waals surface area contributed by atoms with Gasteiger partial charge in [-0.2, -0.15) is 0 Å². The van der Waals surface area contributed by atoms with Gasteiger partial charge in [0.1, 0.15) is 5.82 Å². The van der Waals surface area contributed by atoms with E-state index in [0.717, 1.165) is 37.4 Å². The van der Waals surface area contributed by atoms with Crippen LogP contribution in [-0.2, 0) is 17.8 Å². The second-order valence-electron chi connectivity index (χ2n) is 8.86. The number of nitrogens with one attached hydrogen (secondary N) is 3. The summed E-state index contributed by atoms with van der Waals surface area (Å²) in [5, 5.41) is 8.20. The Labute approximate surface area is 223 Å². The topological polar surface area (TPSA) is 109 Å². The number of nitrogens with zero attached hydrogens (tertiary/aromatic N) is 1. The normalized spacial score (nSPS) is 13.1. The molecule has 0 aliphatic carbocycles. The van der Waals surface area contributed by atoms with E-state index in [-0.39, 0.29) is 17.8 Å². The molecule has 0 saturated carbocycles. The van der Waals surface area contributed by atoms with Crippen LogP contribution in [0.3, 0.4) is 0 Å². The molecule has 4 rings (SSSR count). The monoisotopic (exact) mass is 521 g/mol. The van der Waals surface area contributed by atoms with Gasteiger partial charge in [-0.1, -0.05) is 43.3 Å². The molecule has 202 valence electrons. The molecule has 3 aromatic carbocycles. The number of morpholine rings is 1. The summed E-state index contributed by atoms with van der Waals surface area (Å²) in [6.07, 6.45) is 1.26. The van der Waals surface area contributed by atoms with Crippen LogP contribution < -0.4 is 21.7 Å². The standard InChI is InChI=1S/C22H21FN4O2.C7H15NO/c23-18-11-7-16(8-12-18)14-26-22(29)25-13-15-5-9-17(10-6-15)21(28)27-20-4-2-1-3-19(20)24;1-2-3-8-4-6-9-7-5-8/h1-12H,13-14,24H2,(H,27,28)(H2,25,26,29);2-7H2,1H3. The Kier molecular flexibility index (Phi) is 11.5. The average molecular weight is 522 g/mol. The summed E-state index contributed by atoms with van der Waals surface area (Å²) < 4.78 is 18.1. The van der Waals surface area contributed by atoms with E-state index in [1.807, 2.05) is 0 Å². The molecule has 0 radical (unpaired) electrons. The lowest BCUT2D eigenvalue weighted by Crippen LogP contribution is -2.36. The highest BCUT2D eigenvalue weighted by atomic mass is 19.1. The summed E-state index contributed by atoms with van der Waals surface area (Å²) in [7, 11) is 0. The zero-order valence-electron chi connectivity index (χ0n) is 21.7. The van der Waals surface area contributed by atoms with Crippen molar-refractivity contribution in [1.29, 1.82) is 0 Å². The van der Waals surface area contributed by atoms with Crippen LogP contribution in [0.15, 0.2) is 72.8 Å². The second kappa shape index (κ2) is 15.3. The van der Waals surface area contributed by atoms with Crippen LogP contribution in [-0.4, -0.2) is 49.7 Å². The third kappa shape index (κ3) is 9.84. The zero-order chi connectivity index (χ0) is 27.2.